The number of hydrogen-bond donors (Lipinski definition) is 0. The Kier molecular flexibility index (Phi) is 2.67. The fraction of sp³-hybridized carbons (Fsp3) is 0.278. The lowest BCUT2D eigenvalue weighted by Gasteiger charge is -2.16. The molecule has 0 fully saturated rings. The molecule has 0 atom stereocenters. The van der Waals surface area contributed by atoms with E-state index in [0.29, 0.717) is 0 Å². The average molecular weight is 306 g/mol. The minimum Gasteiger partial charge on any atom is -0.327 e. The van der Waals surface area contributed by atoms with Gasteiger partial charge < -0.3 is 9.47 Å². The summed E-state index contributed by atoms with van der Waals surface area (Å²) in [6.07, 6.45) is 3.54. The Morgan fingerprint density at radius 3 is 2.48 bits per heavy atom. The predicted molar refractivity (Wildman–Crippen MR) is 90.4 cm³/mol. The number of pyridine rings is 1. The third kappa shape index (κ3) is 1.76. The van der Waals surface area contributed by atoms with E-state index in [1.165, 1.54) is 0 Å². The summed E-state index contributed by atoms with van der Waals surface area (Å²) in [6, 6.07) is 8.02. The smallest absolute Gasteiger partial charge is 0.236 e. The van der Waals surface area contributed by atoms with E-state index in [2.05, 4.69) is 21.7 Å². The molecule has 5 nitrogen and oxygen atoms in total. The number of nitrogens with zero attached hydrogens (tertiary/aromatic N) is 4. The number of benzene rings is 1. The molecule has 23 heavy (non-hydrogen) atoms. The van der Waals surface area contributed by atoms with Gasteiger partial charge in [0.05, 0.1) is 16.4 Å². The van der Waals surface area contributed by atoms with E-state index in [4.69, 9.17) is 4.98 Å². The van der Waals surface area contributed by atoms with Crippen LogP contribution < -0.4 is 4.90 Å². The van der Waals surface area contributed by atoms with Gasteiger partial charge in [-0.3, -0.25) is 9.78 Å². The van der Waals surface area contributed by atoms with Crippen molar-refractivity contribution in [2.75, 3.05) is 11.9 Å². The van der Waals surface area contributed by atoms with Crippen molar-refractivity contribution >= 4 is 22.6 Å². The second-order valence-electron chi connectivity index (χ2n) is 6.58. The fourth-order valence-electron chi connectivity index (χ4n) is 3.41. The van der Waals surface area contributed by atoms with E-state index < -0.39 is 5.41 Å². The molecule has 4 rings (SSSR count). The Bertz CT molecular complexity index is 941. The zero-order chi connectivity index (χ0) is 16.4. The summed E-state index contributed by atoms with van der Waals surface area (Å²) >= 11 is 0. The predicted octanol–water partition coefficient (Wildman–Crippen LogP) is 2.89. The maximum absolute atomic E-state index is 12.4. The van der Waals surface area contributed by atoms with Gasteiger partial charge in [-0.2, -0.15) is 0 Å². The number of aryl methyl sites for hydroxylation is 1. The first kappa shape index (κ1) is 13.9. The molecule has 0 radical (unpaired) electrons. The van der Waals surface area contributed by atoms with Crippen molar-refractivity contribution < 1.29 is 4.79 Å². The number of hydrogen-bond acceptors (Lipinski definition) is 3. The molecule has 2 aromatic heterocycles. The summed E-state index contributed by atoms with van der Waals surface area (Å²) in [5.74, 6) is 1.02. The van der Waals surface area contributed by atoms with Gasteiger partial charge >= 0.3 is 0 Å². The number of amides is 1. The van der Waals surface area contributed by atoms with Crippen molar-refractivity contribution in [1.82, 2.24) is 14.5 Å². The van der Waals surface area contributed by atoms with Crippen LogP contribution in [0.3, 0.4) is 0 Å². The van der Waals surface area contributed by atoms with Crippen molar-refractivity contribution in [3.05, 3.63) is 42.2 Å². The SMILES string of the molecule is CN1C(=O)C(C)(C)c2cc3nc(-c4ccncc4)n(C)c3cc21. The van der Waals surface area contributed by atoms with Gasteiger partial charge in [-0.25, -0.2) is 4.98 Å². The van der Waals surface area contributed by atoms with Crippen LogP contribution in [0.1, 0.15) is 19.4 Å². The summed E-state index contributed by atoms with van der Waals surface area (Å²) in [7, 11) is 3.83. The van der Waals surface area contributed by atoms with Crippen LogP contribution in [0.5, 0.6) is 0 Å². The summed E-state index contributed by atoms with van der Waals surface area (Å²) < 4.78 is 2.06. The van der Waals surface area contributed by atoms with E-state index >= 15 is 0 Å². The van der Waals surface area contributed by atoms with E-state index in [-0.39, 0.29) is 5.91 Å². The Morgan fingerprint density at radius 1 is 1.09 bits per heavy atom. The molecule has 0 bridgehead atoms. The number of rotatable bonds is 1. The highest BCUT2D eigenvalue weighted by molar-refractivity contribution is 6.09. The van der Waals surface area contributed by atoms with Gasteiger partial charge in [-0.05, 0) is 43.7 Å². The zero-order valence-electron chi connectivity index (χ0n) is 13.7. The van der Waals surface area contributed by atoms with E-state index in [1.807, 2.05) is 40.1 Å². The fourth-order valence-corrected chi connectivity index (χ4v) is 3.41. The lowest BCUT2D eigenvalue weighted by molar-refractivity contribution is -0.121. The van der Waals surface area contributed by atoms with Crippen LogP contribution >= 0.6 is 0 Å². The van der Waals surface area contributed by atoms with Crippen molar-refractivity contribution in [3.63, 3.8) is 0 Å². The Balaban J connectivity index is 1.99. The Labute approximate surface area is 134 Å². The minimum absolute atomic E-state index is 0.122. The summed E-state index contributed by atoms with van der Waals surface area (Å²) in [5.41, 5.74) is 4.46. The maximum atomic E-state index is 12.4. The maximum Gasteiger partial charge on any atom is 0.236 e. The molecule has 0 N–H and O–H groups in total. The minimum atomic E-state index is -0.507. The lowest BCUT2D eigenvalue weighted by atomic mass is 9.86. The summed E-state index contributed by atoms with van der Waals surface area (Å²) in [4.78, 5) is 23.0. The Morgan fingerprint density at radius 2 is 1.78 bits per heavy atom. The quantitative estimate of drug-likeness (QED) is 0.694. The molecule has 0 spiro atoms. The lowest BCUT2D eigenvalue weighted by Crippen LogP contribution is -2.33. The second-order valence-corrected chi connectivity index (χ2v) is 6.58. The third-order valence-corrected chi connectivity index (χ3v) is 4.81. The first-order valence-electron chi connectivity index (χ1n) is 7.61. The first-order valence-corrected chi connectivity index (χ1v) is 7.61. The summed E-state index contributed by atoms with van der Waals surface area (Å²) in [5, 5.41) is 0. The van der Waals surface area contributed by atoms with Gasteiger partial charge in [-0.1, -0.05) is 0 Å². The van der Waals surface area contributed by atoms with Crippen LogP contribution in [0, 0.1) is 0 Å². The highest BCUT2D eigenvalue weighted by Crippen LogP contribution is 2.43. The van der Waals surface area contributed by atoms with Gasteiger partial charge in [-0.15, -0.1) is 0 Å². The Hall–Kier alpha value is -2.69. The van der Waals surface area contributed by atoms with Crippen LogP contribution in [-0.2, 0) is 17.3 Å². The molecule has 3 aromatic rings. The second kappa shape index (κ2) is 4.41. The normalized spacial score (nSPS) is 16.2. The molecule has 1 aliphatic heterocycles. The number of imidazole rings is 1. The van der Waals surface area contributed by atoms with Crippen molar-refractivity contribution in [3.8, 4) is 11.4 Å². The molecule has 0 unspecified atom stereocenters. The van der Waals surface area contributed by atoms with Gasteiger partial charge in [0.1, 0.15) is 5.82 Å². The number of aromatic nitrogens is 3. The van der Waals surface area contributed by atoms with E-state index in [9.17, 15) is 4.79 Å². The van der Waals surface area contributed by atoms with E-state index in [1.54, 1.807) is 17.3 Å². The number of carbonyl (C=O) groups excluding carboxylic acids is 1. The topological polar surface area (TPSA) is 51.0 Å². The van der Waals surface area contributed by atoms with Crippen molar-refractivity contribution in [1.29, 1.82) is 0 Å². The molecular weight excluding hydrogens is 288 g/mol. The van der Waals surface area contributed by atoms with Gasteiger partial charge in [0.15, 0.2) is 0 Å². The van der Waals surface area contributed by atoms with Gasteiger partial charge in [0, 0.05) is 37.7 Å². The monoisotopic (exact) mass is 306 g/mol. The highest BCUT2D eigenvalue weighted by atomic mass is 16.2. The van der Waals surface area contributed by atoms with Gasteiger partial charge in [0.25, 0.3) is 0 Å². The standard InChI is InChI=1S/C18H18N4O/c1-18(2)12-9-13-15(10-14(12)22(4)17(18)23)21(3)16(20-13)11-5-7-19-8-6-11/h5-10H,1-4H3. The number of anilines is 1. The van der Waals surface area contributed by atoms with Crippen LogP contribution in [0.25, 0.3) is 22.4 Å². The van der Waals surface area contributed by atoms with Crippen LogP contribution in [-0.4, -0.2) is 27.5 Å². The largest absolute Gasteiger partial charge is 0.327 e. The molecular formula is C18H18N4O. The molecule has 1 aliphatic rings. The van der Waals surface area contributed by atoms with Crippen LogP contribution in [0.4, 0.5) is 5.69 Å². The number of carbonyl (C=O) groups is 1. The molecule has 0 saturated heterocycles. The molecule has 1 amide bonds. The van der Waals surface area contributed by atoms with Gasteiger partial charge in [0.2, 0.25) is 5.91 Å². The third-order valence-electron chi connectivity index (χ3n) is 4.81. The molecule has 1 aromatic carbocycles. The highest BCUT2D eigenvalue weighted by Gasteiger charge is 2.42. The van der Waals surface area contributed by atoms with Crippen LogP contribution in [0.15, 0.2) is 36.7 Å². The van der Waals surface area contributed by atoms with Crippen molar-refractivity contribution in [2.24, 2.45) is 7.05 Å². The summed E-state index contributed by atoms with van der Waals surface area (Å²) in [6.45, 7) is 3.94. The molecule has 116 valence electrons. The zero-order valence-corrected chi connectivity index (χ0v) is 13.7. The molecule has 3 heterocycles. The first-order chi connectivity index (χ1) is 10.9. The van der Waals surface area contributed by atoms with Crippen molar-refractivity contribution in [2.45, 2.75) is 19.3 Å². The number of likely N-dealkylation sites (N-methyl/N-ethyl adjacent to an activating group) is 1. The average Bonchev–Trinajstić information content (AvgIpc) is 2.96. The van der Waals surface area contributed by atoms with E-state index in [0.717, 1.165) is 33.7 Å². The molecule has 0 saturated carbocycles. The molecule has 5 heteroatoms. The van der Waals surface area contributed by atoms with Crippen LogP contribution in [0.2, 0.25) is 0 Å². The molecule has 0 aliphatic carbocycles. The number of fused-ring (bicyclic) bond motifs is 2.